The molecular weight excluding hydrogens is 604 g/mol. The maximum atomic E-state index is 13.7. The summed E-state index contributed by atoms with van der Waals surface area (Å²) >= 11 is 0. The van der Waals surface area contributed by atoms with Gasteiger partial charge in [0, 0.05) is 0 Å². The summed E-state index contributed by atoms with van der Waals surface area (Å²) in [5.74, 6) is -9.76. The van der Waals surface area contributed by atoms with Gasteiger partial charge in [-0.05, 0) is 41.5 Å². The van der Waals surface area contributed by atoms with Gasteiger partial charge in [-0.25, -0.2) is 28.8 Å². The first-order chi connectivity index (χ1) is 20.7. The van der Waals surface area contributed by atoms with E-state index in [1.165, 1.54) is 41.5 Å². The minimum Gasteiger partial charge on any atom is -0.466 e. The number of hydrogen-bond donors (Lipinski definition) is 0. The van der Waals surface area contributed by atoms with Gasteiger partial charge >= 0.3 is 35.8 Å². The molecule has 4 unspecified atom stereocenters. The zero-order valence-electron chi connectivity index (χ0n) is 26.2. The Bertz CT molecular complexity index is 1450. The average molecular weight is 637 g/mol. The number of hydrogen-bond acceptors (Lipinski definition) is 16. The van der Waals surface area contributed by atoms with Crippen molar-refractivity contribution < 1.29 is 76.3 Å². The predicted octanol–water partition coefficient (Wildman–Crippen LogP) is -0.411. The quantitative estimate of drug-likeness (QED) is 0.143. The Morgan fingerprint density at radius 1 is 0.511 bits per heavy atom. The monoisotopic (exact) mass is 636 g/mol. The van der Waals surface area contributed by atoms with Gasteiger partial charge in [0.2, 0.25) is 6.79 Å². The van der Waals surface area contributed by atoms with Gasteiger partial charge in [-0.3, -0.25) is 9.59 Å². The van der Waals surface area contributed by atoms with Crippen LogP contribution in [0.3, 0.4) is 0 Å². The van der Waals surface area contributed by atoms with Crippen molar-refractivity contribution >= 4 is 47.4 Å². The summed E-state index contributed by atoms with van der Waals surface area (Å²) in [4.78, 5) is 106. The van der Waals surface area contributed by atoms with Gasteiger partial charge in [0.25, 0.3) is 11.2 Å². The largest absolute Gasteiger partial charge is 0.466 e. The molecule has 45 heavy (non-hydrogen) atoms. The summed E-state index contributed by atoms with van der Waals surface area (Å²) < 4.78 is 41.0. The third-order valence-corrected chi connectivity index (χ3v) is 9.55. The molecule has 0 aromatic heterocycles. The lowest BCUT2D eigenvalue weighted by Gasteiger charge is -2.36. The highest BCUT2D eigenvalue weighted by Crippen LogP contribution is 2.63. The normalized spacial score (nSPS) is 32.0. The second-order valence-corrected chi connectivity index (χ2v) is 12.0. The van der Waals surface area contributed by atoms with E-state index in [1.807, 2.05) is 0 Å². The Balaban J connectivity index is 1.73. The molecule has 16 nitrogen and oxygen atoms in total. The van der Waals surface area contributed by atoms with Crippen LogP contribution in [-0.4, -0.2) is 105 Å². The molecule has 0 N–H and O–H groups in total. The molecule has 4 heterocycles. The van der Waals surface area contributed by atoms with Gasteiger partial charge in [0.1, 0.15) is 22.3 Å². The van der Waals surface area contributed by atoms with Crippen LogP contribution in [0.2, 0.25) is 0 Å². The number of carbonyl (C=O) groups excluding carboxylic acids is 8. The summed E-state index contributed by atoms with van der Waals surface area (Å²) in [6, 6.07) is 0. The number of rotatable bonds is 8. The van der Waals surface area contributed by atoms with Gasteiger partial charge in [-0.1, -0.05) is 0 Å². The summed E-state index contributed by atoms with van der Waals surface area (Å²) in [5, 5.41) is 0. The fourth-order valence-electron chi connectivity index (χ4n) is 6.47. The Labute approximate surface area is 256 Å². The Hall–Kier alpha value is -4.44. The molecule has 0 aromatic carbocycles. The van der Waals surface area contributed by atoms with Gasteiger partial charge in [-0.2, -0.15) is 0 Å². The van der Waals surface area contributed by atoms with E-state index in [0.717, 1.165) is 28.4 Å². The molecule has 2 saturated heterocycles. The van der Waals surface area contributed by atoms with E-state index in [1.54, 1.807) is 0 Å². The maximum Gasteiger partial charge on any atom is 0.354 e. The molecule has 4 bridgehead atoms. The first kappa shape index (κ1) is 33.5. The molecule has 4 aliphatic heterocycles. The number of fused-ring (bicyclic) bond motifs is 4. The van der Waals surface area contributed by atoms with E-state index >= 15 is 0 Å². The Morgan fingerprint density at radius 2 is 0.778 bits per heavy atom. The van der Waals surface area contributed by atoms with Gasteiger partial charge < -0.3 is 37.9 Å². The molecule has 4 atom stereocenters. The second-order valence-electron chi connectivity index (χ2n) is 12.0. The highest BCUT2D eigenvalue weighted by Gasteiger charge is 2.81. The van der Waals surface area contributed by atoms with Crippen molar-refractivity contribution in [1.82, 2.24) is 0 Å². The first-order valence-electron chi connectivity index (χ1n) is 13.4. The topological polar surface area (TPSA) is 210 Å². The third-order valence-electron chi connectivity index (χ3n) is 9.55. The van der Waals surface area contributed by atoms with Gasteiger partial charge in [-0.15, -0.1) is 0 Å². The third kappa shape index (κ3) is 3.66. The molecule has 0 radical (unpaired) electrons. The summed E-state index contributed by atoms with van der Waals surface area (Å²) in [5.41, 5.74) is -15.0. The minimum atomic E-state index is -2.83. The van der Waals surface area contributed by atoms with Crippen molar-refractivity contribution in [3.05, 3.63) is 22.3 Å². The SMILES string of the molecule is COC(=O)C1=C(C(=O)OC)C2(C)OC1(C(=O)OCOC(=O)C13OC(C)(C(C(=O)OC)=C1C(=O)OC)C(C)(C)C3=O)C(=O)C2(C)C. The summed E-state index contributed by atoms with van der Waals surface area (Å²) in [6.07, 6.45) is 0. The molecule has 16 heteroatoms. The fraction of sp³-hybridized carbons (Fsp3) is 0.586. The number of carbonyl (C=O) groups is 8. The summed E-state index contributed by atoms with van der Waals surface area (Å²) in [7, 11) is 3.92. The van der Waals surface area contributed by atoms with Crippen molar-refractivity contribution in [2.24, 2.45) is 10.8 Å². The van der Waals surface area contributed by atoms with E-state index in [0.29, 0.717) is 0 Å². The van der Waals surface area contributed by atoms with Crippen LogP contribution in [0.25, 0.3) is 0 Å². The first-order valence-corrected chi connectivity index (χ1v) is 13.4. The van der Waals surface area contributed by atoms with E-state index < -0.39 is 110 Å². The van der Waals surface area contributed by atoms with Crippen LogP contribution in [-0.2, 0) is 76.3 Å². The van der Waals surface area contributed by atoms with Crippen LogP contribution >= 0.6 is 0 Å². The van der Waals surface area contributed by atoms with Crippen LogP contribution in [0.5, 0.6) is 0 Å². The van der Waals surface area contributed by atoms with Crippen LogP contribution in [0.1, 0.15) is 41.5 Å². The average Bonchev–Trinajstić information content (AvgIpc) is 3.57. The van der Waals surface area contributed by atoms with Gasteiger partial charge in [0.15, 0.2) is 11.6 Å². The number of Topliss-reactive ketones (excluding diaryl/α,β-unsaturated/α-hetero) is 2. The molecule has 0 saturated carbocycles. The van der Waals surface area contributed by atoms with E-state index in [4.69, 9.17) is 37.9 Å². The minimum absolute atomic E-state index is 0.449. The van der Waals surface area contributed by atoms with Crippen LogP contribution in [0.4, 0.5) is 0 Å². The van der Waals surface area contributed by atoms with Crippen LogP contribution in [0, 0.1) is 10.8 Å². The smallest absolute Gasteiger partial charge is 0.354 e. The van der Waals surface area contributed by atoms with Crippen molar-refractivity contribution in [3.8, 4) is 0 Å². The molecule has 0 spiro atoms. The van der Waals surface area contributed by atoms with Crippen molar-refractivity contribution in [1.29, 1.82) is 0 Å². The molecule has 4 aliphatic rings. The molecule has 4 rings (SSSR count). The maximum absolute atomic E-state index is 13.7. The lowest BCUT2D eigenvalue weighted by atomic mass is 9.62. The predicted molar refractivity (Wildman–Crippen MR) is 141 cm³/mol. The van der Waals surface area contributed by atoms with Crippen molar-refractivity contribution in [3.63, 3.8) is 0 Å². The second kappa shape index (κ2) is 10.0. The molecule has 0 amide bonds. The zero-order valence-corrected chi connectivity index (χ0v) is 26.2. The van der Waals surface area contributed by atoms with E-state index in [-0.39, 0.29) is 0 Å². The molecule has 0 aromatic rings. The standard InChI is InChI=1S/C29H32O16/c1-24(2)20(34)28(14(18(32)40-9)12(16(30)38-7)26(24,5)44-28)22(36)42-11-43-23(37)29-15(19(33)41-10)13(17(31)39-8)27(6,45-29)25(3,4)21(29)35/h11H2,1-10H3. The van der Waals surface area contributed by atoms with E-state index in [2.05, 4.69) is 0 Å². The van der Waals surface area contributed by atoms with E-state index in [9.17, 15) is 38.4 Å². The van der Waals surface area contributed by atoms with Crippen LogP contribution < -0.4 is 0 Å². The molecular formula is C29H32O16. The highest BCUT2D eigenvalue weighted by molar-refractivity contribution is 6.27. The fourth-order valence-corrected chi connectivity index (χ4v) is 6.47. The number of methoxy groups -OCH3 is 4. The highest BCUT2D eigenvalue weighted by atomic mass is 16.7. The number of ketones is 2. The zero-order chi connectivity index (χ0) is 34.3. The lowest BCUT2D eigenvalue weighted by molar-refractivity contribution is -0.193. The van der Waals surface area contributed by atoms with Crippen LogP contribution in [0.15, 0.2) is 22.3 Å². The van der Waals surface area contributed by atoms with Gasteiger partial charge in [0.05, 0.1) is 50.4 Å². The molecule has 244 valence electrons. The van der Waals surface area contributed by atoms with Crippen molar-refractivity contribution in [2.75, 3.05) is 35.2 Å². The number of ether oxygens (including phenoxy) is 8. The number of esters is 6. The lowest BCUT2D eigenvalue weighted by Crippen LogP contribution is -2.56. The Morgan fingerprint density at radius 3 is 1.04 bits per heavy atom. The Kier molecular flexibility index (Phi) is 7.46. The summed E-state index contributed by atoms with van der Waals surface area (Å²) in [6.45, 7) is 6.81. The molecule has 2 fully saturated rings. The van der Waals surface area contributed by atoms with Crippen molar-refractivity contribution in [2.45, 2.75) is 63.9 Å². The molecule has 0 aliphatic carbocycles.